The average molecular weight is 165 g/mol. The first-order valence-electron chi connectivity index (χ1n) is 4.22. The molecule has 0 fully saturated rings. The van der Waals surface area contributed by atoms with Gasteiger partial charge in [-0.05, 0) is 36.6 Å². The summed E-state index contributed by atoms with van der Waals surface area (Å²) in [7, 11) is 0. The van der Waals surface area contributed by atoms with E-state index in [1.54, 1.807) is 0 Å². The molecule has 2 aliphatic carbocycles. The van der Waals surface area contributed by atoms with E-state index in [9.17, 15) is 0 Å². The van der Waals surface area contributed by atoms with Crippen molar-refractivity contribution in [2.45, 2.75) is 13.3 Å². The van der Waals surface area contributed by atoms with Crippen LogP contribution in [-0.2, 0) is 0 Å². The van der Waals surface area contributed by atoms with E-state index in [1.165, 1.54) is 16.7 Å². The third-order valence-electron chi connectivity index (χ3n) is 1.92. The van der Waals surface area contributed by atoms with Crippen molar-refractivity contribution >= 4 is 0 Å². The highest BCUT2D eigenvalue weighted by Gasteiger charge is 2.17. The maximum atomic E-state index is 7.99. The van der Waals surface area contributed by atoms with E-state index in [-0.39, 0.29) is 6.61 Å². The molecule has 66 valence electrons. The van der Waals surface area contributed by atoms with Crippen LogP contribution in [0.5, 0.6) is 0 Å². The zero-order valence-corrected chi connectivity index (χ0v) is 7.38. The lowest BCUT2D eigenvalue weighted by atomic mass is 10.5. The smallest absolute Gasteiger partial charge is 0.0443 e. The van der Waals surface area contributed by atoms with Gasteiger partial charge in [-0.2, -0.15) is 0 Å². The molecule has 3 N–H and O–H groups in total. The van der Waals surface area contributed by atoms with Gasteiger partial charge in [0.05, 0.1) is 0 Å². The van der Waals surface area contributed by atoms with Crippen LogP contribution in [0.1, 0.15) is 12.0 Å². The molecule has 0 bridgehead atoms. The topological polar surface area (TPSA) is 46.2 Å². The van der Waals surface area contributed by atoms with Crippen molar-refractivity contribution in [1.82, 2.24) is 0 Å². The highest BCUT2D eigenvalue weighted by Crippen LogP contribution is 2.40. The zero-order chi connectivity index (χ0) is 8.97. The zero-order valence-electron chi connectivity index (χ0n) is 7.38. The molecule has 2 aliphatic rings. The summed E-state index contributed by atoms with van der Waals surface area (Å²) in [5.74, 6) is 0. The molecule has 0 saturated carbocycles. The SMILES string of the molecule is Cc1c2cccc1-2.NCCCO. The number of aliphatic hydroxyl groups excluding tert-OH is 1. The first-order chi connectivity index (χ1) is 5.81. The predicted octanol–water partition coefficient (Wildman–Crippen LogP) is 1.30. The van der Waals surface area contributed by atoms with E-state index in [4.69, 9.17) is 10.8 Å². The molecule has 0 unspecified atom stereocenters. The summed E-state index contributed by atoms with van der Waals surface area (Å²) in [6, 6.07) is 6.41. The molecule has 0 radical (unpaired) electrons. The molecule has 0 saturated heterocycles. The lowest BCUT2D eigenvalue weighted by Gasteiger charge is -1.80. The number of aryl methyl sites for hydroxylation is 1. The first kappa shape index (κ1) is 9.23. The minimum Gasteiger partial charge on any atom is -0.396 e. The second-order valence-corrected chi connectivity index (χ2v) is 2.84. The maximum absolute atomic E-state index is 7.99. The average Bonchev–Trinajstić information content (AvgIpc) is 2.55. The lowest BCUT2D eigenvalue weighted by molar-refractivity contribution is 0.291. The van der Waals surface area contributed by atoms with Crippen molar-refractivity contribution in [1.29, 1.82) is 0 Å². The van der Waals surface area contributed by atoms with Crippen LogP contribution in [0.2, 0.25) is 0 Å². The van der Waals surface area contributed by atoms with Gasteiger partial charge < -0.3 is 10.8 Å². The number of hydrogen-bond acceptors (Lipinski definition) is 2. The Kier molecular flexibility index (Phi) is 3.26. The van der Waals surface area contributed by atoms with Gasteiger partial charge in [0.1, 0.15) is 0 Å². The highest BCUT2D eigenvalue weighted by atomic mass is 16.2. The Hall–Kier alpha value is -0.860. The molecule has 0 amide bonds. The Morgan fingerprint density at radius 3 is 2.08 bits per heavy atom. The van der Waals surface area contributed by atoms with Gasteiger partial charge >= 0.3 is 0 Å². The van der Waals surface area contributed by atoms with Gasteiger partial charge in [-0.3, -0.25) is 0 Å². The van der Waals surface area contributed by atoms with Crippen LogP contribution < -0.4 is 5.73 Å². The first-order valence-corrected chi connectivity index (χ1v) is 4.22. The summed E-state index contributed by atoms with van der Waals surface area (Å²) in [6.07, 6.45) is 0.722. The van der Waals surface area contributed by atoms with Gasteiger partial charge in [-0.1, -0.05) is 18.2 Å². The summed E-state index contributed by atoms with van der Waals surface area (Å²) < 4.78 is 0. The van der Waals surface area contributed by atoms with Gasteiger partial charge in [0.15, 0.2) is 0 Å². The van der Waals surface area contributed by atoms with E-state index < -0.39 is 0 Å². The largest absolute Gasteiger partial charge is 0.396 e. The summed E-state index contributed by atoms with van der Waals surface area (Å²) in [5.41, 5.74) is 9.41. The summed E-state index contributed by atoms with van der Waals surface area (Å²) >= 11 is 0. The highest BCUT2D eigenvalue weighted by molar-refractivity contribution is 5.88. The van der Waals surface area contributed by atoms with E-state index in [2.05, 4.69) is 25.1 Å². The number of hydrogen-bond donors (Lipinski definition) is 2. The molecule has 0 spiro atoms. The van der Waals surface area contributed by atoms with E-state index in [0.717, 1.165) is 6.42 Å². The number of benzene rings is 1. The van der Waals surface area contributed by atoms with E-state index in [0.29, 0.717) is 6.54 Å². The lowest BCUT2D eigenvalue weighted by Crippen LogP contribution is -1.99. The van der Waals surface area contributed by atoms with Crippen LogP contribution in [0.3, 0.4) is 0 Å². The molecule has 12 heavy (non-hydrogen) atoms. The number of fused-ring (bicyclic) bond motifs is 1. The van der Waals surface area contributed by atoms with Crippen molar-refractivity contribution < 1.29 is 5.11 Å². The van der Waals surface area contributed by atoms with E-state index in [1.807, 2.05) is 0 Å². The van der Waals surface area contributed by atoms with Crippen molar-refractivity contribution in [2.24, 2.45) is 5.73 Å². The van der Waals surface area contributed by atoms with Crippen LogP contribution in [0, 0.1) is 6.92 Å². The fourth-order valence-corrected chi connectivity index (χ4v) is 1.08. The van der Waals surface area contributed by atoms with Crippen molar-refractivity contribution in [2.75, 3.05) is 13.2 Å². The third kappa shape index (κ3) is 2.06. The molecule has 2 rings (SSSR count). The van der Waals surface area contributed by atoms with Gasteiger partial charge in [0.2, 0.25) is 0 Å². The molecule has 0 aromatic carbocycles. The van der Waals surface area contributed by atoms with Gasteiger partial charge in [-0.15, -0.1) is 0 Å². The van der Waals surface area contributed by atoms with Crippen LogP contribution >= 0.6 is 0 Å². The molecule has 0 aromatic heterocycles. The predicted molar refractivity (Wildman–Crippen MR) is 50.9 cm³/mol. The second-order valence-electron chi connectivity index (χ2n) is 2.84. The Balaban J connectivity index is 0.000000130. The minimum atomic E-state index is 0.219. The van der Waals surface area contributed by atoms with Crippen LogP contribution in [-0.4, -0.2) is 18.3 Å². The van der Waals surface area contributed by atoms with Crippen LogP contribution in [0.15, 0.2) is 18.2 Å². The van der Waals surface area contributed by atoms with E-state index >= 15 is 0 Å². The van der Waals surface area contributed by atoms with Crippen molar-refractivity contribution in [3.63, 3.8) is 0 Å². The fourth-order valence-electron chi connectivity index (χ4n) is 1.08. The molecular formula is C10H15NO. The Morgan fingerprint density at radius 2 is 1.92 bits per heavy atom. The maximum Gasteiger partial charge on any atom is 0.0443 e. The Bertz CT molecular complexity index is 236. The molecule has 0 atom stereocenters. The normalized spacial score (nSPS) is 10.2. The molecular weight excluding hydrogens is 150 g/mol. The Morgan fingerprint density at radius 1 is 1.33 bits per heavy atom. The van der Waals surface area contributed by atoms with Crippen LogP contribution in [0.25, 0.3) is 11.1 Å². The van der Waals surface area contributed by atoms with Gasteiger partial charge in [-0.25, -0.2) is 0 Å². The summed E-state index contributed by atoms with van der Waals surface area (Å²) in [6.45, 7) is 2.97. The second kappa shape index (κ2) is 4.24. The number of rotatable bonds is 2. The van der Waals surface area contributed by atoms with Gasteiger partial charge in [0.25, 0.3) is 0 Å². The van der Waals surface area contributed by atoms with Crippen molar-refractivity contribution in [3.8, 4) is 11.1 Å². The van der Waals surface area contributed by atoms with Crippen molar-refractivity contribution in [3.05, 3.63) is 23.8 Å². The summed E-state index contributed by atoms with van der Waals surface area (Å²) in [4.78, 5) is 0. The summed E-state index contributed by atoms with van der Waals surface area (Å²) in [5, 5.41) is 7.99. The quantitative estimate of drug-likeness (QED) is 0.704. The number of aliphatic hydroxyl groups is 1. The molecule has 0 aliphatic heterocycles. The standard InChI is InChI=1S/C7H6.C3H9NO/c1-5-6-3-2-4-7(5)6;4-2-1-3-5/h2-4H,1H3;5H,1-4H2. The fraction of sp³-hybridized carbons (Fsp3) is 0.400. The molecule has 0 heterocycles. The molecule has 0 aromatic rings. The van der Waals surface area contributed by atoms with Gasteiger partial charge in [0, 0.05) is 6.61 Å². The van der Waals surface area contributed by atoms with Crippen LogP contribution in [0.4, 0.5) is 0 Å². The Labute approximate surface area is 73.0 Å². The third-order valence-corrected chi connectivity index (χ3v) is 1.92. The number of nitrogens with two attached hydrogens (primary N) is 1. The molecule has 2 heteroatoms. The molecule has 2 nitrogen and oxygen atoms in total. The monoisotopic (exact) mass is 165 g/mol. The minimum absolute atomic E-state index is 0.219.